The molecule has 0 fully saturated rings. The van der Waals surface area contributed by atoms with Crippen molar-refractivity contribution in [3.8, 4) is 0 Å². The van der Waals surface area contributed by atoms with Crippen LogP contribution < -0.4 is 11.1 Å². The monoisotopic (exact) mass is 187 g/mol. The van der Waals surface area contributed by atoms with Gasteiger partial charge in [-0.15, -0.1) is 0 Å². The number of aliphatic hydroxyl groups is 1. The summed E-state index contributed by atoms with van der Waals surface area (Å²) in [6, 6.07) is 0.241. The number of nitrogens with zero attached hydrogens (tertiary/aromatic N) is 1. The highest BCUT2D eigenvalue weighted by Crippen LogP contribution is 1.95. The Balaban J connectivity index is 3.77. The fraction of sp³-hybridized carbons (Fsp3) is 0.889. The molecule has 4 nitrogen and oxygen atoms in total. The smallest absolute Gasteiger partial charge is 0.188 e. The number of aliphatic imine (C=N–C) groups is 1. The zero-order chi connectivity index (χ0) is 10.1. The van der Waals surface area contributed by atoms with Crippen LogP contribution in [0.1, 0.15) is 33.1 Å². The van der Waals surface area contributed by atoms with Crippen LogP contribution in [0.3, 0.4) is 0 Å². The zero-order valence-corrected chi connectivity index (χ0v) is 8.58. The molecule has 0 aromatic carbocycles. The maximum absolute atomic E-state index is 8.74. The third-order valence-corrected chi connectivity index (χ3v) is 1.83. The third kappa shape index (κ3) is 6.40. The van der Waals surface area contributed by atoms with Crippen molar-refractivity contribution in [2.75, 3.05) is 13.2 Å². The van der Waals surface area contributed by atoms with Crippen molar-refractivity contribution >= 4 is 5.96 Å². The fourth-order valence-electron chi connectivity index (χ4n) is 1.02. The van der Waals surface area contributed by atoms with Gasteiger partial charge in [-0.1, -0.05) is 13.8 Å². The van der Waals surface area contributed by atoms with Gasteiger partial charge < -0.3 is 16.2 Å². The predicted octanol–water partition coefficient (Wildman–Crippen LogP) is 0.462. The molecule has 1 atom stereocenters. The van der Waals surface area contributed by atoms with E-state index in [4.69, 9.17) is 10.8 Å². The van der Waals surface area contributed by atoms with Crippen molar-refractivity contribution in [3.05, 3.63) is 0 Å². The second-order valence-electron chi connectivity index (χ2n) is 3.03. The summed E-state index contributed by atoms with van der Waals surface area (Å²) in [5.74, 6) is 0.488. The van der Waals surface area contributed by atoms with Crippen molar-refractivity contribution in [1.29, 1.82) is 0 Å². The number of nitrogens with two attached hydrogens (primary N) is 1. The molecule has 4 heteroatoms. The Bertz CT molecular complexity index is 148. The van der Waals surface area contributed by atoms with E-state index >= 15 is 0 Å². The van der Waals surface area contributed by atoms with Gasteiger partial charge in [0.1, 0.15) is 0 Å². The van der Waals surface area contributed by atoms with Gasteiger partial charge in [0.2, 0.25) is 0 Å². The normalized spacial score (nSPS) is 14.2. The molecule has 0 aliphatic heterocycles. The lowest BCUT2D eigenvalue weighted by atomic mass is 10.2. The molecule has 0 saturated heterocycles. The summed E-state index contributed by atoms with van der Waals surface area (Å²) in [7, 11) is 0. The van der Waals surface area contributed by atoms with Crippen LogP contribution in [0.25, 0.3) is 0 Å². The first kappa shape index (κ1) is 12.2. The van der Waals surface area contributed by atoms with E-state index in [0.717, 1.165) is 25.8 Å². The molecule has 78 valence electrons. The molecule has 0 aromatic heterocycles. The minimum Gasteiger partial charge on any atom is -0.396 e. The molecule has 0 aliphatic carbocycles. The van der Waals surface area contributed by atoms with Crippen LogP contribution in [0.2, 0.25) is 0 Å². The fourth-order valence-corrected chi connectivity index (χ4v) is 1.02. The molecule has 0 spiro atoms. The minimum absolute atomic E-state index is 0.187. The number of nitrogens with one attached hydrogen (secondary N) is 1. The molecule has 0 rings (SSSR count). The lowest BCUT2D eigenvalue weighted by Crippen LogP contribution is -2.40. The SMILES string of the molecule is CCCN=C(N)NC(CC)CCO. The molecular formula is C9H21N3O. The van der Waals surface area contributed by atoms with Crippen LogP contribution in [0.4, 0.5) is 0 Å². The van der Waals surface area contributed by atoms with Gasteiger partial charge in [-0.2, -0.15) is 0 Å². The Hall–Kier alpha value is -0.770. The summed E-state index contributed by atoms with van der Waals surface area (Å²) in [4.78, 5) is 4.11. The summed E-state index contributed by atoms with van der Waals surface area (Å²) in [5, 5.41) is 11.8. The number of guanidine groups is 1. The van der Waals surface area contributed by atoms with Gasteiger partial charge in [0.15, 0.2) is 5.96 Å². The molecule has 0 aromatic rings. The van der Waals surface area contributed by atoms with E-state index < -0.39 is 0 Å². The van der Waals surface area contributed by atoms with Crippen molar-refractivity contribution in [3.63, 3.8) is 0 Å². The molecule has 0 bridgehead atoms. The molecule has 0 heterocycles. The highest BCUT2D eigenvalue weighted by atomic mass is 16.3. The Morgan fingerprint density at radius 2 is 2.23 bits per heavy atom. The lowest BCUT2D eigenvalue weighted by molar-refractivity contribution is 0.269. The predicted molar refractivity (Wildman–Crippen MR) is 55.7 cm³/mol. The molecule has 4 N–H and O–H groups in total. The average Bonchev–Trinajstić information content (AvgIpc) is 2.14. The summed E-state index contributed by atoms with van der Waals surface area (Å²) in [6.45, 7) is 5.06. The number of aliphatic hydroxyl groups excluding tert-OH is 1. The van der Waals surface area contributed by atoms with E-state index in [9.17, 15) is 0 Å². The molecule has 13 heavy (non-hydrogen) atoms. The number of rotatable bonds is 6. The van der Waals surface area contributed by atoms with E-state index in [2.05, 4.69) is 24.2 Å². The highest BCUT2D eigenvalue weighted by molar-refractivity contribution is 5.78. The van der Waals surface area contributed by atoms with E-state index in [0.29, 0.717) is 5.96 Å². The molecule has 0 amide bonds. The molecule has 0 radical (unpaired) electrons. The largest absolute Gasteiger partial charge is 0.396 e. The van der Waals surface area contributed by atoms with Crippen LogP contribution in [-0.2, 0) is 0 Å². The Morgan fingerprint density at radius 3 is 2.69 bits per heavy atom. The highest BCUT2D eigenvalue weighted by Gasteiger charge is 2.04. The summed E-state index contributed by atoms with van der Waals surface area (Å²) >= 11 is 0. The van der Waals surface area contributed by atoms with Crippen LogP contribution in [0.15, 0.2) is 4.99 Å². The van der Waals surface area contributed by atoms with E-state index in [1.165, 1.54) is 0 Å². The first-order valence-corrected chi connectivity index (χ1v) is 4.91. The van der Waals surface area contributed by atoms with Crippen LogP contribution in [0.5, 0.6) is 0 Å². The lowest BCUT2D eigenvalue weighted by Gasteiger charge is -2.15. The summed E-state index contributed by atoms with van der Waals surface area (Å²) in [6.07, 6.45) is 2.67. The van der Waals surface area contributed by atoms with Gasteiger partial charge in [0, 0.05) is 19.2 Å². The maximum atomic E-state index is 8.74. The summed E-state index contributed by atoms with van der Waals surface area (Å²) < 4.78 is 0. The van der Waals surface area contributed by atoms with Crippen molar-refractivity contribution in [1.82, 2.24) is 5.32 Å². The first-order chi connectivity index (χ1) is 6.24. The van der Waals surface area contributed by atoms with Crippen molar-refractivity contribution < 1.29 is 5.11 Å². The summed E-state index contributed by atoms with van der Waals surface area (Å²) in [5.41, 5.74) is 5.62. The first-order valence-electron chi connectivity index (χ1n) is 4.91. The Kier molecular flexibility index (Phi) is 7.39. The van der Waals surface area contributed by atoms with Crippen LogP contribution >= 0.6 is 0 Å². The number of hydrogen-bond acceptors (Lipinski definition) is 2. The van der Waals surface area contributed by atoms with Gasteiger partial charge in [-0.05, 0) is 19.3 Å². The Labute approximate surface area is 80.2 Å². The molecule has 1 unspecified atom stereocenters. The molecular weight excluding hydrogens is 166 g/mol. The van der Waals surface area contributed by atoms with Gasteiger partial charge in [0.25, 0.3) is 0 Å². The van der Waals surface area contributed by atoms with Gasteiger partial charge in [-0.3, -0.25) is 4.99 Å². The van der Waals surface area contributed by atoms with Gasteiger partial charge >= 0.3 is 0 Å². The van der Waals surface area contributed by atoms with E-state index in [1.807, 2.05) is 0 Å². The van der Waals surface area contributed by atoms with Crippen LogP contribution in [-0.4, -0.2) is 30.3 Å². The zero-order valence-electron chi connectivity index (χ0n) is 8.58. The maximum Gasteiger partial charge on any atom is 0.188 e. The molecule has 0 saturated carbocycles. The molecule has 0 aliphatic rings. The number of hydrogen-bond donors (Lipinski definition) is 3. The average molecular weight is 187 g/mol. The topological polar surface area (TPSA) is 70.6 Å². The Morgan fingerprint density at radius 1 is 1.54 bits per heavy atom. The van der Waals surface area contributed by atoms with E-state index in [-0.39, 0.29) is 12.6 Å². The van der Waals surface area contributed by atoms with Crippen LogP contribution in [0, 0.1) is 0 Å². The standard InChI is InChI=1S/C9H21N3O/c1-3-6-11-9(10)12-8(4-2)5-7-13/h8,13H,3-7H2,1-2H3,(H3,10,11,12). The quantitative estimate of drug-likeness (QED) is 0.418. The van der Waals surface area contributed by atoms with Gasteiger partial charge in [0.05, 0.1) is 0 Å². The second kappa shape index (κ2) is 7.86. The second-order valence-corrected chi connectivity index (χ2v) is 3.03. The van der Waals surface area contributed by atoms with E-state index in [1.54, 1.807) is 0 Å². The third-order valence-electron chi connectivity index (χ3n) is 1.83. The minimum atomic E-state index is 0.187. The van der Waals surface area contributed by atoms with Crippen molar-refractivity contribution in [2.45, 2.75) is 39.2 Å². The van der Waals surface area contributed by atoms with Crippen molar-refractivity contribution in [2.24, 2.45) is 10.7 Å². The van der Waals surface area contributed by atoms with Gasteiger partial charge in [-0.25, -0.2) is 0 Å².